The number of amides is 1. The number of benzene rings is 2. The van der Waals surface area contributed by atoms with Gasteiger partial charge in [0.15, 0.2) is 0 Å². The van der Waals surface area contributed by atoms with Gasteiger partial charge in [0, 0.05) is 16.6 Å². The number of carbonyl (C=O) groups is 1. The lowest BCUT2D eigenvalue weighted by Gasteiger charge is -2.17. The Labute approximate surface area is 142 Å². The molecule has 0 radical (unpaired) electrons. The quantitative estimate of drug-likeness (QED) is 0.776. The van der Waals surface area contributed by atoms with Gasteiger partial charge in [0.2, 0.25) is 5.91 Å². The molecule has 0 aromatic heterocycles. The van der Waals surface area contributed by atoms with Crippen molar-refractivity contribution in [3.05, 3.63) is 64.1 Å². The minimum atomic E-state index is -0.667. The van der Waals surface area contributed by atoms with E-state index >= 15 is 0 Å². The van der Waals surface area contributed by atoms with E-state index in [0.29, 0.717) is 0 Å². The van der Waals surface area contributed by atoms with E-state index in [9.17, 15) is 13.6 Å². The van der Waals surface area contributed by atoms with Gasteiger partial charge < -0.3 is 10.6 Å². The first-order chi connectivity index (χ1) is 11.0. The van der Waals surface area contributed by atoms with Gasteiger partial charge >= 0.3 is 0 Å². The predicted octanol–water partition coefficient (Wildman–Crippen LogP) is 4.41. The molecule has 0 heterocycles. The summed E-state index contributed by atoms with van der Waals surface area (Å²) in [6, 6.07) is 10.7. The van der Waals surface area contributed by atoms with Crippen LogP contribution in [0.3, 0.4) is 0 Å². The summed E-state index contributed by atoms with van der Waals surface area (Å²) in [5, 5.41) is 5.48. The van der Waals surface area contributed by atoms with E-state index in [1.807, 2.05) is 31.2 Å². The van der Waals surface area contributed by atoms with Gasteiger partial charge in [0.05, 0.1) is 12.2 Å². The van der Waals surface area contributed by atoms with Crippen LogP contribution in [0.25, 0.3) is 0 Å². The van der Waals surface area contributed by atoms with Crippen molar-refractivity contribution in [3.8, 4) is 0 Å². The van der Waals surface area contributed by atoms with Crippen molar-refractivity contribution < 1.29 is 13.6 Å². The molecule has 2 aromatic rings. The zero-order chi connectivity index (χ0) is 16.8. The Morgan fingerprint density at radius 1 is 1.17 bits per heavy atom. The Morgan fingerprint density at radius 3 is 2.52 bits per heavy atom. The third kappa shape index (κ3) is 5.11. The van der Waals surface area contributed by atoms with Crippen LogP contribution in [-0.2, 0) is 4.79 Å². The number of hydrogen-bond donors (Lipinski definition) is 2. The third-order valence-corrected chi connectivity index (χ3v) is 3.92. The first-order valence-corrected chi connectivity index (χ1v) is 8.02. The first-order valence-electron chi connectivity index (χ1n) is 7.23. The molecule has 0 bridgehead atoms. The van der Waals surface area contributed by atoms with Gasteiger partial charge in [0.1, 0.15) is 11.6 Å². The summed E-state index contributed by atoms with van der Waals surface area (Å²) in [4.78, 5) is 11.9. The molecule has 23 heavy (non-hydrogen) atoms. The van der Waals surface area contributed by atoms with E-state index < -0.39 is 17.5 Å². The van der Waals surface area contributed by atoms with E-state index in [1.54, 1.807) is 0 Å². The predicted molar refractivity (Wildman–Crippen MR) is 90.2 cm³/mol. The third-order valence-electron chi connectivity index (χ3n) is 3.39. The molecule has 2 rings (SSSR count). The summed E-state index contributed by atoms with van der Waals surface area (Å²) in [6.45, 7) is 2.01. The van der Waals surface area contributed by atoms with Crippen LogP contribution in [0.15, 0.2) is 46.9 Å². The highest BCUT2D eigenvalue weighted by molar-refractivity contribution is 9.10. The van der Waals surface area contributed by atoms with Crippen LogP contribution < -0.4 is 10.6 Å². The van der Waals surface area contributed by atoms with Gasteiger partial charge in [-0.05, 0) is 36.2 Å². The van der Waals surface area contributed by atoms with Gasteiger partial charge in [0.25, 0.3) is 0 Å². The SMILES string of the molecule is CC[C@@H](NCC(=O)Nc1cc(F)ccc1F)c1ccc(Br)cc1. The largest absolute Gasteiger partial charge is 0.322 e. The van der Waals surface area contributed by atoms with E-state index in [2.05, 4.69) is 26.6 Å². The van der Waals surface area contributed by atoms with Crippen molar-refractivity contribution >= 4 is 27.5 Å². The normalized spacial score (nSPS) is 12.0. The number of anilines is 1. The Hall–Kier alpha value is -1.79. The molecule has 2 aromatic carbocycles. The van der Waals surface area contributed by atoms with Crippen LogP contribution in [0.1, 0.15) is 24.9 Å². The summed E-state index contributed by atoms with van der Waals surface area (Å²) in [7, 11) is 0. The minimum absolute atomic E-state index is 0.00449. The molecule has 0 saturated heterocycles. The topological polar surface area (TPSA) is 41.1 Å². The smallest absolute Gasteiger partial charge is 0.238 e. The Bertz CT molecular complexity index is 677. The van der Waals surface area contributed by atoms with Crippen LogP contribution in [0.2, 0.25) is 0 Å². The highest BCUT2D eigenvalue weighted by Crippen LogP contribution is 2.19. The van der Waals surface area contributed by atoms with Crippen LogP contribution in [-0.4, -0.2) is 12.5 Å². The second-order valence-electron chi connectivity index (χ2n) is 5.07. The fourth-order valence-electron chi connectivity index (χ4n) is 2.20. The second kappa shape index (κ2) is 8.17. The molecule has 0 aliphatic rings. The van der Waals surface area contributed by atoms with Crippen molar-refractivity contribution in [1.29, 1.82) is 0 Å². The van der Waals surface area contributed by atoms with Gasteiger partial charge in [-0.15, -0.1) is 0 Å². The molecule has 1 atom stereocenters. The van der Waals surface area contributed by atoms with Crippen molar-refractivity contribution in [2.75, 3.05) is 11.9 Å². The van der Waals surface area contributed by atoms with Gasteiger partial charge in [-0.1, -0.05) is 35.0 Å². The number of carbonyl (C=O) groups excluding carboxylic acids is 1. The average molecular weight is 383 g/mol. The number of nitrogens with one attached hydrogen (secondary N) is 2. The zero-order valence-corrected chi connectivity index (χ0v) is 14.2. The molecule has 0 unspecified atom stereocenters. The van der Waals surface area contributed by atoms with E-state index in [1.165, 1.54) is 0 Å². The zero-order valence-electron chi connectivity index (χ0n) is 12.6. The van der Waals surface area contributed by atoms with Crippen LogP contribution in [0.4, 0.5) is 14.5 Å². The van der Waals surface area contributed by atoms with Gasteiger partial charge in [-0.2, -0.15) is 0 Å². The molecule has 0 fully saturated rings. The molecule has 0 aliphatic heterocycles. The monoisotopic (exact) mass is 382 g/mol. The van der Waals surface area contributed by atoms with E-state index in [4.69, 9.17) is 0 Å². The molecule has 1 amide bonds. The number of rotatable bonds is 6. The van der Waals surface area contributed by atoms with E-state index in [0.717, 1.165) is 34.7 Å². The number of halogens is 3. The molecule has 122 valence electrons. The fraction of sp³-hybridized carbons (Fsp3) is 0.235. The van der Waals surface area contributed by atoms with Crippen molar-refractivity contribution in [1.82, 2.24) is 5.32 Å². The lowest BCUT2D eigenvalue weighted by atomic mass is 10.0. The van der Waals surface area contributed by atoms with Crippen molar-refractivity contribution in [2.45, 2.75) is 19.4 Å². The summed E-state index contributed by atoms with van der Waals surface area (Å²) in [5.41, 5.74) is 0.897. The lowest BCUT2D eigenvalue weighted by Crippen LogP contribution is -2.31. The first kappa shape index (κ1) is 17.6. The van der Waals surface area contributed by atoms with Crippen LogP contribution in [0.5, 0.6) is 0 Å². The highest BCUT2D eigenvalue weighted by atomic mass is 79.9. The second-order valence-corrected chi connectivity index (χ2v) is 5.98. The number of hydrogen-bond acceptors (Lipinski definition) is 2. The maximum atomic E-state index is 13.5. The molecule has 0 spiro atoms. The Morgan fingerprint density at radius 2 is 1.87 bits per heavy atom. The highest BCUT2D eigenvalue weighted by Gasteiger charge is 2.12. The Kier molecular flexibility index (Phi) is 6.24. The molecule has 3 nitrogen and oxygen atoms in total. The standard InChI is InChI=1S/C17H17BrF2N2O/c1-2-15(11-3-5-12(18)6-4-11)21-10-17(23)22-16-9-13(19)7-8-14(16)20/h3-9,15,21H,2,10H2,1H3,(H,22,23)/t15-/m1/s1. The maximum Gasteiger partial charge on any atom is 0.238 e. The van der Waals surface area contributed by atoms with Crippen LogP contribution >= 0.6 is 15.9 Å². The molecule has 0 saturated carbocycles. The van der Waals surface area contributed by atoms with Crippen molar-refractivity contribution in [2.24, 2.45) is 0 Å². The van der Waals surface area contributed by atoms with Gasteiger partial charge in [-0.25, -0.2) is 8.78 Å². The summed E-state index contributed by atoms with van der Waals surface area (Å²) >= 11 is 3.38. The van der Waals surface area contributed by atoms with Crippen LogP contribution in [0, 0.1) is 11.6 Å². The summed E-state index contributed by atoms with van der Waals surface area (Å²) < 4.78 is 27.6. The molecular formula is C17H17BrF2N2O. The molecular weight excluding hydrogens is 366 g/mol. The average Bonchev–Trinajstić information content (AvgIpc) is 2.53. The minimum Gasteiger partial charge on any atom is -0.322 e. The van der Waals surface area contributed by atoms with Gasteiger partial charge in [-0.3, -0.25) is 4.79 Å². The summed E-state index contributed by atoms with van der Waals surface area (Å²) in [6.07, 6.45) is 0.795. The maximum absolute atomic E-state index is 13.5. The van der Waals surface area contributed by atoms with E-state index in [-0.39, 0.29) is 18.3 Å². The molecule has 6 heteroatoms. The Balaban J connectivity index is 1.94. The molecule has 0 aliphatic carbocycles. The fourth-order valence-corrected chi connectivity index (χ4v) is 2.46. The van der Waals surface area contributed by atoms with Crippen molar-refractivity contribution in [3.63, 3.8) is 0 Å². The molecule has 2 N–H and O–H groups in total. The summed E-state index contributed by atoms with van der Waals surface area (Å²) in [5.74, 6) is -1.69. The lowest BCUT2D eigenvalue weighted by molar-refractivity contribution is -0.115.